The largest absolute Gasteiger partial charge is 0.322 e. The number of fused-ring (bicyclic) bond motifs is 2. The van der Waals surface area contributed by atoms with Gasteiger partial charge in [-0.25, -0.2) is 8.42 Å². The van der Waals surface area contributed by atoms with Crippen LogP contribution < -0.4 is 5.56 Å². The highest BCUT2D eigenvalue weighted by Crippen LogP contribution is 2.29. The van der Waals surface area contributed by atoms with E-state index in [1.165, 1.54) is 15.6 Å². The highest BCUT2D eigenvalue weighted by Gasteiger charge is 2.29. The van der Waals surface area contributed by atoms with Crippen molar-refractivity contribution in [3.05, 3.63) is 62.8 Å². The monoisotopic (exact) mass is 360 g/mol. The van der Waals surface area contributed by atoms with Crippen LogP contribution in [0.4, 0.5) is 0 Å². The number of hydrogen-bond acceptors (Lipinski definition) is 4. The zero-order valence-corrected chi connectivity index (χ0v) is 14.7. The molecule has 0 bridgehead atoms. The fourth-order valence-corrected chi connectivity index (χ4v) is 5.66. The number of nitrogens with one attached hydrogen (secondary N) is 1. The normalized spacial score (nSPS) is 15.5. The van der Waals surface area contributed by atoms with Gasteiger partial charge in [0.15, 0.2) is 0 Å². The van der Waals surface area contributed by atoms with E-state index in [-0.39, 0.29) is 5.56 Å². The van der Waals surface area contributed by atoms with Gasteiger partial charge in [0.1, 0.15) is 4.21 Å². The molecule has 24 heavy (non-hydrogen) atoms. The summed E-state index contributed by atoms with van der Waals surface area (Å²) < 4.78 is 27.3. The van der Waals surface area contributed by atoms with E-state index in [9.17, 15) is 13.2 Å². The average Bonchev–Trinajstić information content (AvgIpc) is 3.09. The van der Waals surface area contributed by atoms with E-state index in [4.69, 9.17) is 0 Å². The molecular formula is C17H16N2O3S2. The number of pyridine rings is 1. The second kappa shape index (κ2) is 5.54. The molecule has 124 valence electrons. The number of rotatable bonds is 2. The van der Waals surface area contributed by atoms with Gasteiger partial charge in [-0.15, -0.1) is 11.3 Å². The predicted molar refractivity (Wildman–Crippen MR) is 94.9 cm³/mol. The molecule has 1 aromatic carbocycles. The topological polar surface area (TPSA) is 70.2 Å². The van der Waals surface area contributed by atoms with Gasteiger partial charge in [0.2, 0.25) is 0 Å². The van der Waals surface area contributed by atoms with Gasteiger partial charge in [-0.3, -0.25) is 4.79 Å². The zero-order chi connectivity index (χ0) is 16.9. The van der Waals surface area contributed by atoms with E-state index in [2.05, 4.69) is 11.1 Å². The van der Waals surface area contributed by atoms with Gasteiger partial charge in [-0.05, 0) is 59.5 Å². The molecule has 0 spiro atoms. The summed E-state index contributed by atoms with van der Waals surface area (Å²) in [5, 5.41) is 2.76. The Morgan fingerprint density at radius 3 is 2.79 bits per heavy atom. The minimum atomic E-state index is -3.45. The summed E-state index contributed by atoms with van der Waals surface area (Å²) in [6.45, 7) is 2.59. The van der Waals surface area contributed by atoms with Crippen LogP contribution in [0.2, 0.25) is 0 Å². The number of benzene rings is 1. The lowest BCUT2D eigenvalue weighted by molar-refractivity contribution is 0.393. The van der Waals surface area contributed by atoms with Gasteiger partial charge < -0.3 is 4.98 Å². The first-order chi connectivity index (χ1) is 11.4. The van der Waals surface area contributed by atoms with Crippen molar-refractivity contribution in [2.75, 3.05) is 6.54 Å². The number of sulfonamides is 1. The Kier molecular flexibility index (Phi) is 3.59. The Hall–Kier alpha value is -1.96. The molecule has 0 atom stereocenters. The Balaban J connectivity index is 1.76. The van der Waals surface area contributed by atoms with Crippen LogP contribution in [-0.2, 0) is 23.0 Å². The van der Waals surface area contributed by atoms with E-state index < -0.39 is 10.0 Å². The molecule has 0 unspecified atom stereocenters. The standard InChI is InChI=1S/C17H16N2O3S2/c1-11-7-13-8-12-4-5-19(24(21,22)16-3-2-6-23-16)10-14(12)9-15(13)18-17(11)20/h2-3,6-9H,4-5,10H2,1H3,(H,18,20). The first-order valence-electron chi connectivity index (χ1n) is 7.64. The zero-order valence-electron chi connectivity index (χ0n) is 13.1. The number of H-pyrrole nitrogens is 1. The highest BCUT2D eigenvalue weighted by atomic mass is 32.2. The average molecular weight is 360 g/mol. The van der Waals surface area contributed by atoms with E-state index in [1.54, 1.807) is 24.4 Å². The molecule has 0 saturated heterocycles. The van der Waals surface area contributed by atoms with Crippen molar-refractivity contribution in [3.8, 4) is 0 Å². The third-order valence-electron chi connectivity index (χ3n) is 4.42. The molecule has 7 heteroatoms. The van der Waals surface area contributed by atoms with Crippen molar-refractivity contribution < 1.29 is 8.42 Å². The van der Waals surface area contributed by atoms with Gasteiger partial charge in [0.25, 0.3) is 15.6 Å². The molecule has 0 saturated carbocycles. The van der Waals surface area contributed by atoms with Crippen LogP contribution in [0.3, 0.4) is 0 Å². The fraction of sp³-hybridized carbons (Fsp3) is 0.235. The highest BCUT2D eigenvalue weighted by molar-refractivity contribution is 7.91. The minimum absolute atomic E-state index is 0.110. The molecule has 0 radical (unpaired) electrons. The van der Waals surface area contributed by atoms with Crippen LogP contribution >= 0.6 is 11.3 Å². The molecule has 5 nitrogen and oxygen atoms in total. The maximum atomic E-state index is 12.7. The van der Waals surface area contributed by atoms with Crippen LogP contribution in [-0.4, -0.2) is 24.3 Å². The van der Waals surface area contributed by atoms with Crippen LogP contribution in [0.25, 0.3) is 10.9 Å². The summed E-state index contributed by atoms with van der Waals surface area (Å²) in [4.78, 5) is 14.7. The summed E-state index contributed by atoms with van der Waals surface area (Å²) in [7, 11) is -3.45. The van der Waals surface area contributed by atoms with Gasteiger partial charge in [-0.1, -0.05) is 6.07 Å². The Bertz CT molecular complexity index is 1080. The molecular weight excluding hydrogens is 344 g/mol. The molecule has 0 fully saturated rings. The van der Waals surface area contributed by atoms with Crippen molar-refractivity contribution in [3.63, 3.8) is 0 Å². The fourth-order valence-electron chi connectivity index (χ4n) is 3.09. The van der Waals surface area contributed by atoms with Crippen molar-refractivity contribution >= 4 is 32.3 Å². The van der Waals surface area contributed by atoms with Gasteiger partial charge in [0.05, 0.1) is 0 Å². The SMILES string of the molecule is Cc1cc2cc3c(cc2[nH]c1=O)CN(S(=O)(=O)c1cccs1)CC3. The van der Waals surface area contributed by atoms with Gasteiger partial charge >= 0.3 is 0 Å². The third-order valence-corrected chi connectivity index (χ3v) is 7.63. The molecule has 1 aliphatic rings. The number of hydrogen-bond donors (Lipinski definition) is 1. The van der Waals surface area contributed by atoms with Crippen LogP contribution in [0.1, 0.15) is 16.7 Å². The van der Waals surface area contributed by atoms with Crippen molar-refractivity contribution in [2.45, 2.75) is 24.1 Å². The summed E-state index contributed by atoms with van der Waals surface area (Å²) in [5.74, 6) is 0. The first kappa shape index (κ1) is 15.6. The molecule has 3 heterocycles. The van der Waals surface area contributed by atoms with Gasteiger partial charge in [-0.2, -0.15) is 4.31 Å². The lowest BCUT2D eigenvalue weighted by Crippen LogP contribution is -2.35. The number of aromatic nitrogens is 1. The van der Waals surface area contributed by atoms with Crippen LogP contribution in [0, 0.1) is 6.92 Å². The summed E-state index contributed by atoms with van der Waals surface area (Å²) in [6.07, 6.45) is 0.675. The molecule has 3 aromatic rings. The Morgan fingerprint density at radius 2 is 2.04 bits per heavy atom. The van der Waals surface area contributed by atoms with Crippen molar-refractivity contribution in [2.24, 2.45) is 0 Å². The van der Waals surface area contributed by atoms with Crippen LogP contribution in [0.15, 0.2) is 44.7 Å². The second-order valence-corrected chi connectivity index (χ2v) is 9.12. The molecule has 0 aliphatic carbocycles. The third kappa shape index (κ3) is 2.49. The van der Waals surface area contributed by atoms with E-state index in [1.807, 2.05) is 12.1 Å². The number of nitrogens with zero attached hydrogens (tertiary/aromatic N) is 1. The first-order valence-corrected chi connectivity index (χ1v) is 9.96. The lowest BCUT2D eigenvalue weighted by atomic mass is 9.98. The Labute approximate surface area is 143 Å². The molecule has 0 amide bonds. The number of aromatic amines is 1. The quantitative estimate of drug-likeness (QED) is 0.764. The van der Waals surface area contributed by atoms with Crippen molar-refractivity contribution in [1.82, 2.24) is 9.29 Å². The van der Waals surface area contributed by atoms with E-state index >= 15 is 0 Å². The number of thiophene rings is 1. The summed E-state index contributed by atoms with van der Waals surface area (Å²) >= 11 is 1.23. The molecule has 4 rings (SSSR count). The van der Waals surface area contributed by atoms with E-state index in [0.717, 1.165) is 22.0 Å². The second-order valence-electron chi connectivity index (χ2n) is 6.01. The number of aryl methyl sites for hydroxylation is 1. The lowest BCUT2D eigenvalue weighted by Gasteiger charge is -2.28. The van der Waals surface area contributed by atoms with E-state index in [0.29, 0.717) is 29.3 Å². The molecule has 1 N–H and O–H groups in total. The summed E-state index contributed by atoms with van der Waals surface area (Å²) in [6, 6.07) is 9.22. The molecule has 2 aromatic heterocycles. The maximum absolute atomic E-state index is 12.7. The summed E-state index contributed by atoms with van der Waals surface area (Å²) in [5.41, 5.74) is 3.42. The smallest absolute Gasteiger partial charge is 0.252 e. The van der Waals surface area contributed by atoms with Gasteiger partial charge in [0, 0.05) is 24.2 Å². The Morgan fingerprint density at radius 1 is 1.21 bits per heavy atom. The molecule has 1 aliphatic heterocycles. The van der Waals surface area contributed by atoms with Crippen molar-refractivity contribution in [1.29, 1.82) is 0 Å². The van der Waals surface area contributed by atoms with Crippen LogP contribution in [0.5, 0.6) is 0 Å². The minimum Gasteiger partial charge on any atom is -0.322 e. The maximum Gasteiger partial charge on any atom is 0.252 e. The predicted octanol–water partition coefficient (Wildman–Crippen LogP) is 2.65.